The number of carbonyl (C=O) groups is 1. The van der Waals surface area contributed by atoms with Crippen molar-refractivity contribution in [3.8, 4) is 0 Å². The molecule has 2 rings (SSSR count). The molecule has 1 N–H and O–H groups in total. The summed E-state index contributed by atoms with van der Waals surface area (Å²) in [6, 6.07) is 9.69. The van der Waals surface area contributed by atoms with Gasteiger partial charge in [-0.15, -0.1) is 22.9 Å². The van der Waals surface area contributed by atoms with Crippen molar-refractivity contribution in [2.24, 2.45) is 0 Å². The van der Waals surface area contributed by atoms with Crippen molar-refractivity contribution in [1.29, 1.82) is 0 Å². The van der Waals surface area contributed by atoms with E-state index in [0.29, 0.717) is 11.4 Å². The number of amides is 1. The molecular formula is C14H13BrClNOS. The SMILES string of the molecule is O=C(Nc1cccc(CCCCl)c1)c1csc(Br)c1. The van der Waals surface area contributed by atoms with Crippen LogP contribution in [-0.2, 0) is 6.42 Å². The fraction of sp³-hybridized carbons (Fsp3) is 0.214. The molecule has 0 saturated carbocycles. The fourth-order valence-corrected chi connectivity index (χ4v) is 2.98. The van der Waals surface area contributed by atoms with Crippen LogP contribution in [-0.4, -0.2) is 11.8 Å². The van der Waals surface area contributed by atoms with Crippen LogP contribution in [0.3, 0.4) is 0 Å². The molecule has 0 aliphatic heterocycles. The third kappa shape index (κ3) is 4.34. The summed E-state index contributed by atoms with van der Waals surface area (Å²) in [7, 11) is 0. The molecule has 100 valence electrons. The zero-order valence-electron chi connectivity index (χ0n) is 10.2. The predicted octanol–water partition coefficient (Wildman–Crippen LogP) is 4.93. The van der Waals surface area contributed by atoms with E-state index in [9.17, 15) is 4.79 Å². The van der Waals surface area contributed by atoms with E-state index >= 15 is 0 Å². The summed E-state index contributed by atoms with van der Waals surface area (Å²) in [4.78, 5) is 12.0. The summed E-state index contributed by atoms with van der Waals surface area (Å²) < 4.78 is 0.952. The Balaban J connectivity index is 2.04. The molecule has 0 aliphatic rings. The predicted molar refractivity (Wildman–Crippen MR) is 85.5 cm³/mol. The van der Waals surface area contributed by atoms with E-state index in [-0.39, 0.29) is 5.91 Å². The molecule has 0 aliphatic carbocycles. The first-order chi connectivity index (χ1) is 9.19. The van der Waals surface area contributed by atoms with Crippen molar-refractivity contribution in [3.63, 3.8) is 0 Å². The number of anilines is 1. The van der Waals surface area contributed by atoms with Gasteiger partial charge in [-0.05, 0) is 52.5 Å². The third-order valence-electron chi connectivity index (χ3n) is 2.61. The van der Waals surface area contributed by atoms with Crippen molar-refractivity contribution < 1.29 is 4.79 Å². The van der Waals surface area contributed by atoms with Gasteiger partial charge >= 0.3 is 0 Å². The zero-order valence-corrected chi connectivity index (χ0v) is 13.3. The number of carbonyl (C=O) groups excluding carboxylic acids is 1. The average Bonchev–Trinajstić information content (AvgIpc) is 2.83. The van der Waals surface area contributed by atoms with Gasteiger partial charge in [0.2, 0.25) is 0 Å². The van der Waals surface area contributed by atoms with Crippen molar-refractivity contribution in [3.05, 3.63) is 50.6 Å². The van der Waals surface area contributed by atoms with Gasteiger partial charge in [-0.1, -0.05) is 12.1 Å². The molecule has 1 heterocycles. The maximum Gasteiger partial charge on any atom is 0.256 e. The number of halogens is 2. The van der Waals surface area contributed by atoms with E-state index in [0.717, 1.165) is 22.3 Å². The highest BCUT2D eigenvalue weighted by molar-refractivity contribution is 9.11. The Kier molecular flexibility index (Phi) is 5.43. The number of alkyl halides is 1. The number of aryl methyl sites for hydroxylation is 1. The van der Waals surface area contributed by atoms with Gasteiger partial charge in [0.1, 0.15) is 0 Å². The van der Waals surface area contributed by atoms with Crippen molar-refractivity contribution in [2.45, 2.75) is 12.8 Å². The Bertz CT molecular complexity index is 570. The smallest absolute Gasteiger partial charge is 0.256 e. The minimum absolute atomic E-state index is 0.0866. The highest BCUT2D eigenvalue weighted by atomic mass is 79.9. The molecule has 0 atom stereocenters. The molecule has 0 bridgehead atoms. The molecule has 19 heavy (non-hydrogen) atoms. The van der Waals surface area contributed by atoms with Gasteiger partial charge in [-0.25, -0.2) is 0 Å². The van der Waals surface area contributed by atoms with Crippen LogP contribution in [0.4, 0.5) is 5.69 Å². The van der Waals surface area contributed by atoms with Gasteiger partial charge in [0.15, 0.2) is 0 Å². The van der Waals surface area contributed by atoms with Crippen LogP contribution in [0.5, 0.6) is 0 Å². The van der Waals surface area contributed by atoms with Gasteiger partial charge in [-0.3, -0.25) is 4.79 Å². The lowest BCUT2D eigenvalue weighted by molar-refractivity contribution is 0.102. The number of benzene rings is 1. The summed E-state index contributed by atoms with van der Waals surface area (Å²) in [6.45, 7) is 0. The van der Waals surface area contributed by atoms with Crippen molar-refractivity contribution in [1.82, 2.24) is 0 Å². The quantitative estimate of drug-likeness (QED) is 0.754. The third-order valence-corrected chi connectivity index (χ3v) is 4.39. The largest absolute Gasteiger partial charge is 0.322 e. The lowest BCUT2D eigenvalue weighted by Crippen LogP contribution is -2.10. The Labute approximate surface area is 129 Å². The van der Waals surface area contributed by atoms with Crippen LogP contribution in [0.15, 0.2) is 39.5 Å². The van der Waals surface area contributed by atoms with E-state index in [1.807, 2.05) is 35.7 Å². The molecule has 1 aromatic carbocycles. The second-order valence-electron chi connectivity index (χ2n) is 4.09. The van der Waals surface area contributed by atoms with Gasteiger partial charge in [0, 0.05) is 16.9 Å². The number of rotatable bonds is 5. The van der Waals surface area contributed by atoms with E-state index in [1.165, 1.54) is 16.9 Å². The van der Waals surface area contributed by atoms with Gasteiger partial charge in [-0.2, -0.15) is 0 Å². The molecule has 1 amide bonds. The molecule has 0 unspecified atom stereocenters. The van der Waals surface area contributed by atoms with Gasteiger partial charge in [0.25, 0.3) is 5.91 Å². The monoisotopic (exact) mass is 357 g/mol. The highest BCUT2D eigenvalue weighted by Crippen LogP contribution is 2.22. The molecule has 0 spiro atoms. The average molecular weight is 359 g/mol. The Morgan fingerprint density at radius 2 is 2.21 bits per heavy atom. The second kappa shape index (κ2) is 7.08. The molecule has 5 heteroatoms. The Morgan fingerprint density at radius 1 is 1.37 bits per heavy atom. The second-order valence-corrected chi connectivity index (χ2v) is 6.75. The Hall–Kier alpha value is -0.840. The van der Waals surface area contributed by atoms with Crippen LogP contribution < -0.4 is 5.32 Å². The summed E-state index contributed by atoms with van der Waals surface area (Å²) in [5.74, 6) is 0.566. The van der Waals surface area contributed by atoms with Crippen molar-refractivity contribution >= 4 is 50.5 Å². The Morgan fingerprint density at radius 3 is 2.89 bits per heavy atom. The molecule has 0 fully saturated rings. The van der Waals surface area contributed by atoms with Crippen LogP contribution in [0, 0.1) is 0 Å². The van der Waals surface area contributed by atoms with Crippen LogP contribution in [0.2, 0.25) is 0 Å². The number of hydrogen-bond donors (Lipinski definition) is 1. The molecular weight excluding hydrogens is 346 g/mol. The summed E-state index contributed by atoms with van der Waals surface area (Å²) in [5.41, 5.74) is 2.67. The van der Waals surface area contributed by atoms with Gasteiger partial charge < -0.3 is 5.32 Å². The normalized spacial score (nSPS) is 10.4. The first-order valence-corrected chi connectivity index (χ1v) is 8.10. The van der Waals surface area contributed by atoms with Crippen molar-refractivity contribution in [2.75, 3.05) is 11.2 Å². The van der Waals surface area contributed by atoms with Crippen LogP contribution >= 0.6 is 38.9 Å². The molecule has 1 aromatic heterocycles. The maximum atomic E-state index is 12.0. The van der Waals surface area contributed by atoms with E-state index in [4.69, 9.17) is 11.6 Å². The van der Waals surface area contributed by atoms with E-state index in [2.05, 4.69) is 21.2 Å². The topological polar surface area (TPSA) is 29.1 Å². The first kappa shape index (κ1) is 14.6. The van der Waals surface area contributed by atoms with E-state index in [1.54, 1.807) is 0 Å². The minimum atomic E-state index is -0.0866. The standard InChI is InChI=1S/C14H13BrClNOS/c15-13-8-11(9-19-13)14(18)17-12-5-1-3-10(7-12)4-2-6-16/h1,3,5,7-9H,2,4,6H2,(H,17,18). The van der Waals surface area contributed by atoms with Crippen LogP contribution in [0.1, 0.15) is 22.3 Å². The molecule has 0 saturated heterocycles. The maximum absolute atomic E-state index is 12.0. The van der Waals surface area contributed by atoms with Crippen LogP contribution in [0.25, 0.3) is 0 Å². The van der Waals surface area contributed by atoms with Gasteiger partial charge in [0.05, 0.1) is 9.35 Å². The molecule has 2 aromatic rings. The number of nitrogens with one attached hydrogen (secondary N) is 1. The lowest BCUT2D eigenvalue weighted by Gasteiger charge is -2.06. The van der Waals surface area contributed by atoms with E-state index < -0.39 is 0 Å². The highest BCUT2D eigenvalue weighted by Gasteiger charge is 2.08. The summed E-state index contributed by atoms with van der Waals surface area (Å²) in [6.07, 6.45) is 1.87. The molecule has 0 radical (unpaired) electrons. The lowest BCUT2D eigenvalue weighted by atomic mass is 10.1. The zero-order chi connectivity index (χ0) is 13.7. The number of thiophene rings is 1. The fourth-order valence-electron chi connectivity index (χ4n) is 1.71. The summed E-state index contributed by atoms with van der Waals surface area (Å²) >= 11 is 10.5. The molecule has 2 nitrogen and oxygen atoms in total. The number of hydrogen-bond acceptors (Lipinski definition) is 2. The first-order valence-electron chi connectivity index (χ1n) is 5.89. The minimum Gasteiger partial charge on any atom is -0.322 e. The summed E-state index contributed by atoms with van der Waals surface area (Å²) in [5, 5.41) is 4.73.